The number of fused-ring (bicyclic) bond motifs is 1. The van der Waals surface area contributed by atoms with E-state index in [2.05, 4.69) is 0 Å². The summed E-state index contributed by atoms with van der Waals surface area (Å²) in [5, 5.41) is 0.992. The number of carbonyl (C=O) groups excluding carboxylic acids is 2. The van der Waals surface area contributed by atoms with Crippen LogP contribution in [0.25, 0.3) is 10.9 Å². The van der Waals surface area contributed by atoms with Gasteiger partial charge in [0.1, 0.15) is 12.1 Å². The molecule has 1 amide bonds. The van der Waals surface area contributed by atoms with Gasteiger partial charge in [-0.3, -0.25) is 13.9 Å². The van der Waals surface area contributed by atoms with E-state index in [1.54, 1.807) is 56.8 Å². The van der Waals surface area contributed by atoms with E-state index in [1.807, 2.05) is 4.90 Å². The number of likely N-dealkylation sites (tertiary alicyclic amines) is 1. The third-order valence-electron chi connectivity index (χ3n) is 6.25. The van der Waals surface area contributed by atoms with Crippen molar-refractivity contribution in [2.75, 3.05) is 23.9 Å². The lowest BCUT2D eigenvalue weighted by atomic mass is 10.1. The number of hydrogen-bond donors (Lipinski definition) is 0. The van der Waals surface area contributed by atoms with E-state index in [-0.39, 0.29) is 26.5 Å². The molecule has 1 aliphatic heterocycles. The SMILES string of the molecule is Cn1cc(C(=O)N2CCCCC2)c2ccc(N(CC(=O)OC(C)(C)C)S(=O)(=O)c3cc(Cl)cc(Cl)c3)cc21. The van der Waals surface area contributed by atoms with Gasteiger partial charge in [0.05, 0.1) is 21.7 Å². The van der Waals surface area contributed by atoms with E-state index in [4.69, 9.17) is 27.9 Å². The van der Waals surface area contributed by atoms with E-state index < -0.39 is 28.1 Å². The lowest BCUT2D eigenvalue weighted by Gasteiger charge is -2.27. The lowest BCUT2D eigenvalue weighted by Crippen LogP contribution is -2.39. The highest BCUT2D eigenvalue weighted by Gasteiger charge is 2.31. The van der Waals surface area contributed by atoms with Gasteiger partial charge in [-0.25, -0.2) is 8.42 Å². The minimum absolute atomic E-state index is 0.0464. The highest BCUT2D eigenvalue weighted by molar-refractivity contribution is 7.92. The summed E-state index contributed by atoms with van der Waals surface area (Å²) >= 11 is 12.2. The Labute approximate surface area is 233 Å². The van der Waals surface area contributed by atoms with E-state index in [1.165, 1.54) is 18.2 Å². The number of sulfonamides is 1. The zero-order valence-corrected chi connectivity index (χ0v) is 24.2. The van der Waals surface area contributed by atoms with E-state index in [9.17, 15) is 18.0 Å². The molecule has 2 heterocycles. The Hall–Kier alpha value is -2.75. The Bertz CT molecular complexity index is 1470. The Balaban J connectivity index is 1.79. The van der Waals surface area contributed by atoms with Crippen molar-refractivity contribution in [1.29, 1.82) is 0 Å². The second-order valence-corrected chi connectivity index (χ2v) is 13.1. The molecular weight excluding hydrogens is 549 g/mol. The predicted octanol–water partition coefficient (Wildman–Crippen LogP) is 5.65. The second-order valence-electron chi connectivity index (χ2n) is 10.4. The summed E-state index contributed by atoms with van der Waals surface area (Å²) in [5.74, 6) is -0.767. The van der Waals surface area contributed by atoms with Crippen LogP contribution in [0.1, 0.15) is 50.4 Å². The molecule has 2 aromatic carbocycles. The topological polar surface area (TPSA) is 88.9 Å². The van der Waals surface area contributed by atoms with Crippen LogP contribution in [0.4, 0.5) is 5.69 Å². The van der Waals surface area contributed by atoms with Crippen LogP contribution in [0.15, 0.2) is 47.5 Å². The Morgan fingerprint density at radius 1 is 1.00 bits per heavy atom. The van der Waals surface area contributed by atoms with Crippen LogP contribution in [-0.4, -0.2) is 55.0 Å². The molecule has 1 aliphatic rings. The van der Waals surface area contributed by atoms with E-state index >= 15 is 0 Å². The van der Waals surface area contributed by atoms with E-state index in [0.29, 0.717) is 16.5 Å². The number of aryl methyl sites for hydroxylation is 1. The molecule has 0 atom stereocenters. The molecule has 3 aromatic rings. The Morgan fingerprint density at radius 3 is 2.24 bits per heavy atom. The third kappa shape index (κ3) is 6.11. The smallest absolute Gasteiger partial charge is 0.327 e. The van der Waals surface area contributed by atoms with Gasteiger partial charge in [-0.05, 0) is 76.4 Å². The standard InChI is InChI=1S/C27H31Cl2N3O5S/c1-27(2,3)37-25(33)17-32(38(35,36)21-13-18(28)12-19(29)14-21)20-8-9-22-23(16-30(4)24(22)15-20)26(34)31-10-6-5-7-11-31/h8-9,12-16H,5-7,10-11,17H2,1-4H3. The van der Waals surface area contributed by atoms with Crippen LogP contribution in [0, 0.1) is 0 Å². The number of rotatable bonds is 6. The highest BCUT2D eigenvalue weighted by atomic mass is 35.5. The number of ether oxygens (including phenoxy) is 1. The number of anilines is 1. The van der Waals surface area contributed by atoms with Crippen LogP contribution in [0.2, 0.25) is 10.0 Å². The van der Waals surface area contributed by atoms with Crippen LogP contribution in [0.5, 0.6) is 0 Å². The quantitative estimate of drug-likeness (QED) is 0.352. The fraction of sp³-hybridized carbons (Fsp3) is 0.407. The number of esters is 1. The maximum absolute atomic E-state index is 13.8. The Morgan fingerprint density at radius 2 is 1.63 bits per heavy atom. The fourth-order valence-corrected chi connectivity index (χ4v) is 6.70. The maximum Gasteiger partial charge on any atom is 0.327 e. The molecule has 0 bridgehead atoms. The van der Waals surface area contributed by atoms with Gasteiger partial charge in [0.2, 0.25) is 0 Å². The largest absolute Gasteiger partial charge is 0.459 e. The van der Waals surface area contributed by atoms with Crippen molar-refractivity contribution < 1.29 is 22.7 Å². The number of aromatic nitrogens is 1. The van der Waals surface area contributed by atoms with Crippen LogP contribution < -0.4 is 4.31 Å². The summed E-state index contributed by atoms with van der Waals surface area (Å²) in [5.41, 5.74) is 0.630. The van der Waals surface area contributed by atoms with Gasteiger partial charge in [0, 0.05) is 41.8 Å². The summed E-state index contributed by atoms with van der Waals surface area (Å²) in [6.07, 6.45) is 4.83. The lowest BCUT2D eigenvalue weighted by molar-refractivity contribution is -0.152. The van der Waals surface area contributed by atoms with Gasteiger partial charge in [-0.15, -0.1) is 0 Å². The monoisotopic (exact) mass is 579 g/mol. The van der Waals surface area contributed by atoms with Gasteiger partial charge in [0.15, 0.2) is 0 Å². The van der Waals surface area contributed by atoms with Gasteiger partial charge in [-0.1, -0.05) is 23.2 Å². The molecule has 0 spiro atoms. The number of carbonyl (C=O) groups is 2. The van der Waals surface area contributed by atoms with Crippen LogP contribution in [0.3, 0.4) is 0 Å². The van der Waals surface area contributed by atoms with Crippen molar-refractivity contribution in [1.82, 2.24) is 9.47 Å². The summed E-state index contributed by atoms with van der Waals surface area (Å²) in [7, 11) is -2.48. The summed E-state index contributed by atoms with van der Waals surface area (Å²) < 4.78 is 35.8. The van der Waals surface area contributed by atoms with Gasteiger partial charge in [-0.2, -0.15) is 0 Å². The zero-order valence-electron chi connectivity index (χ0n) is 21.8. The third-order valence-corrected chi connectivity index (χ3v) is 8.44. The van der Waals surface area contributed by atoms with E-state index in [0.717, 1.165) is 36.7 Å². The van der Waals surface area contributed by atoms with Crippen molar-refractivity contribution in [2.24, 2.45) is 7.05 Å². The molecule has 8 nitrogen and oxygen atoms in total. The molecule has 38 heavy (non-hydrogen) atoms. The molecule has 0 saturated carbocycles. The molecule has 0 unspecified atom stereocenters. The maximum atomic E-state index is 13.8. The Kier molecular flexibility index (Phi) is 8.02. The molecule has 0 radical (unpaired) electrons. The number of hydrogen-bond acceptors (Lipinski definition) is 5. The average Bonchev–Trinajstić information content (AvgIpc) is 3.16. The van der Waals surface area contributed by atoms with Crippen molar-refractivity contribution in [3.63, 3.8) is 0 Å². The van der Waals surface area contributed by atoms with Gasteiger partial charge < -0.3 is 14.2 Å². The van der Waals surface area contributed by atoms with Crippen molar-refractivity contribution >= 4 is 61.7 Å². The van der Waals surface area contributed by atoms with Crippen molar-refractivity contribution in [3.05, 3.63) is 58.2 Å². The molecule has 0 N–H and O–H groups in total. The van der Waals surface area contributed by atoms with Crippen molar-refractivity contribution in [3.8, 4) is 0 Å². The van der Waals surface area contributed by atoms with Crippen LogP contribution in [-0.2, 0) is 26.6 Å². The molecule has 204 valence electrons. The molecule has 1 saturated heterocycles. The average molecular weight is 581 g/mol. The molecule has 11 heteroatoms. The minimum Gasteiger partial charge on any atom is -0.459 e. The first-order valence-electron chi connectivity index (χ1n) is 12.4. The first kappa shape index (κ1) is 28.3. The number of piperidine rings is 1. The molecule has 1 fully saturated rings. The summed E-state index contributed by atoms with van der Waals surface area (Å²) in [6, 6.07) is 8.93. The second kappa shape index (κ2) is 10.8. The van der Waals surface area contributed by atoms with Gasteiger partial charge >= 0.3 is 5.97 Å². The number of benzene rings is 2. The molecule has 4 rings (SSSR count). The van der Waals surface area contributed by atoms with Gasteiger partial charge in [0.25, 0.3) is 15.9 Å². The first-order valence-corrected chi connectivity index (χ1v) is 14.5. The zero-order chi connectivity index (χ0) is 27.8. The first-order chi connectivity index (χ1) is 17.8. The molecular formula is C27H31Cl2N3O5S. The molecule has 0 aliphatic carbocycles. The number of halogens is 2. The number of amides is 1. The minimum atomic E-state index is -4.28. The number of nitrogens with zero attached hydrogens (tertiary/aromatic N) is 3. The predicted molar refractivity (Wildman–Crippen MR) is 150 cm³/mol. The van der Waals surface area contributed by atoms with Crippen LogP contribution >= 0.6 is 23.2 Å². The van der Waals surface area contributed by atoms with Crippen molar-refractivity contribution in [2.45, 2.75) is 50.5 Å². The molecule has 1 aromatic heterocycles. The normalized spacial score (nSPS) is 14.5. The summed E-state index contributed by atoms with van der Waals surface area (Å²) in [6.45, 7) is 5.99. The highest BCUT2D eigenvalue weighted by Crippen LogP contribution is 2.32. The fourth-order valence-electron chi connectivity index (χ4n) is 4.58. The summed E-state index contributed by atoms with van der Waals surface area (Å²) in [4.78, 5) is 27.8.